The molecule has 0 fully saturated rings. The Morgan fingerprint density at radius 1 is 1.57 bits per heavy atom. The Morgan fingerprint density at radius 3 is 3.21 bits per heavy atom. The van der Waals surface area contributed by atoms with Crippen LogP contribution in [0.5, 0.6) is 0 Å². The first-order chi connectivity index (χ1) is 6.81. The molecule has 0 aliphatic carbocycles. The fraction of sp³-hybridized carbons (Fsp3) is 0.455. The van der Waals surface area contributed by atoms with Crippen LogP contribution in [-0.2, 0) is 0 Å². The lowest BCUT2D eigenvalue weighted by Gasteiger charge is -2.27. The van der Waals surface area contributed by atoms with Crippen molar-refractivity contribution >= 4 is 5.69 Å². The summed E-state index contributed by atoms with van der Waals surface area (Å²) in [5, 5.41) is 6.61. The molecule has 1 aromatic rings. The van der Waals surface area contributed by atoms with E-state index in [4.69, 9.17) is 0 Å². The van der Waals surface area contributed by atoms with Gasteiger partial charge in [-0.25, -0.2) is 4.39 Å². The van der Waals surface area contributed by atoms with E-state index in [9.17, 15) is 4.39 Å². The van der Waals surface area contributed by atoms with E-state index in [0.29, 0.717) is 6.04 Å². The van der Waals surface area contributed by atoms with Gasteiger partial charge in [0.15, 0.2) is 0 Å². The lowest BCUT2D eigenvalue weighted by Crippen LogP contribution is -2.28. The zero-order valence-corrected chi connectivity index (χ0v) is 8.31. The highest BCUT2D eigenvalue weighted by Crippen LogP contribution is 2.29. The van der Waals surface area contributed by atoms with Gasteiger partial charge in [-0.15, -0.1) is 0 Å². The van der Waals surface area contributed by atoms with Gasteiger partial charge in [0.05, 0.1) is 0 Å². The lowest BCUT2D eigenvalue weighted by molar-refractivity contribution is 0.515. The van der Waals surface area contributed by atoms with Crippen molar-refractivity contribution in [3.05, 3.63) is 29.6 Å². The van der Waals surface area contributed by atoms with Crippen molar-refractivity contribution in [3.63, 3.8) is 0 Å². The van der Waals surface area contributed by atoms with E-state index in [-0.39, 0.29) is 5.82 Å². The second kappa shape index (κ2) is 3.96. The minimum atomic E-state index is -0.173. The van der Waals surface area contributed by atoms with Gasteiger partial charge in [0, 0.05) is 18.3 Å². The first-order valence-corrected chi connectivity index (χ1v) is 5.08. The van der Waals surface area contributed by atoms with Gasteiger partial charge in [0.2, 0.25) is 0 Å². The molecule has 1 unspecified atom stereocenters. The van der Waals surface area contributed by atoms with Crippen molar-refractivity contribution in [2.45, 2.75) is 19.4 Å². The topological polar surface area (TPSA) is 24.1 Å². The zero-order chi connectivity index (χ0) is 9.97. The largest absolute Gasteiger partial charge is 0.385 e. The molecule has 1 heterocycles. The minimum absolute atomic E-state index is 0.173. The standard InChI is InChI=1S/C11H15FN2/c1-2-13-10-5-6-14-11-7-8(12)3-4-9(10)11/h3-4,7,10,13-14H,2,5-6H2,1H3. The van der Waals surface area contributed by atoms with Gasteiger partial charge < -0.3 is 10.6 Å². The molecule has 14 heavy (non-hydrogen) atoms. The van der Waals surface area contributed by atoms with Crippen molar-refractivity contribution < 1.29 is 4.39 Å². The number of anilines is 1. The summed E-state index contributed by atoms with van der Waals surface area (Å²) in [6.07, 6.45) is 1.06. The average Bonchev–Trinajstić information content (AvgIpc) is 2.18. The smallest absolute Gasteiger partial charge is 0.125 e. The number of fused-ring (bicyclic) bond motifs is 1. The van der Waals surface area contributed by atoms with Gasteiger partial charge in [0.1, 0.15) is 5.82 Å². The maximum Gasteiger partial charge on any atom is 0.125 e. The maximum atomic E-state index is 12.9. The van der Waals surface area contributed by atoms with Crippen LogP contribution in [0.4, 0.5) is 10.1 Å². The summed E-state index contributed by atoms with van der Waals surface area (Å²) in [6.45, 7) is 3.95. The molecule has 1 aliphatic heterocycles. The molecule has 1 aromatic carbocycles. The Labute approximate surface area is 83.5 Å². The van der Waals surface area contributed by atoms with Crippen molar-refractivity contribution in [1.29, 1.82) is 0 Å². The third-order valence-corrected chi connectivity index (χ3v) is 2.59. The van der Waals surface area contributed by atoms with Crippen molar-refractivity contribution in [3.8, 4) is 0 Å². The summed E-state index contributed by atoms with van der Waals surface area (Å²) in [4.78, 5) is 0. The maximum absolute atomic E-state index is 12.9. The Balaban J connectivity index is 2.30. The quantitative estimate of drug-likeness (QED) is 0.754. The number of halogens is 1. The number of benzene rings is 1. The number of hydrogen-bond acceptors (Lipinski definition) is 2. The molecule has 2 nitrogen and oxygen atoms in total. The third-order valence-electron chi connectivity index (χ3n) is 2.59. The van der Waals surface area contributed by atoms with Gasteiger partial charge in [-0.05, 0) is 30.7 Å². The average molecular weight is 194 g/mol. The van der Waals surface area contributed by atoms with Crippen LogP contribution in [0.2, 0.25) is 0 Å². The lowest BCUT2D eigenvalue weighted by atomic mass is 9.98. The van der Waals surface area contributed by atoms with Crippen LogP contribution < -0.4 is 10.6 Å². The van der Waals surface area contributed by atoms with Crippen molar-refractivity contribution in [1.82, 2.24) is 5.32 Å². The Morgan fingerprint density at radius 2 is 2.43 bits per heavy atom. The van der Waals surface area contributed by atoms with E-state index in [2.05, 4.69) is 17.6 Å². The first-order valence-electron chi connectivity index (χ1n) is 5.08. The van der Waals surface area contributed by atoms with Crippen LogP contribution in [0, 0.1) is 5.82 Å². The predicted molar refractivity (Wildman–Crippen MR) is 55.9 cm³/mol. The van der Waals surface area contributed by atoms with Gasteiger partial charge in [0.25, 0.3) is 0 Å². The molecule has 0 spiro atoms. The summed E-state index contributed by atoms with van der Waals surface area (Å²) in [5.41, 5.74) is 2.11. The highest BCUT2D eigenvalue weighted by molar-refractivity contribution is 5.54. The highest BCUT2D eigenvalue weighted by atomic mass is 19.1. The van der Waals surface area contributed by atoms with Crippen LogP contribution in [0.1, 0.15) is 24.9 Å². The number of rotatable bonds is 2. The molecular formula is C11H15FN2. The van der Waals surface area contributed by atoms with Gasteiger partial charge >= 0.3 is 0 Å². The predicted octanol–water partition coefficient (Wildman–Crippen LogP) is 2.29. The SMILES string of the molecule is CCNC1CCNc2cc(F)ccc21. The van der Waals surface area contributed by atoms with Crippen LogP contribution in [0.15, 0.2) is 18.2 Å². The van der Waals surface area contributed by atoms with Gasteiger partial charge in [-0.2, -0.15) is 0 Å². The van der Waals surface area contributed by atoms with Crippen LogP contribution in [-0.4, -0.2) is 13.1 Å². The molecule has 0 amide bonds. The van der Waals surface area contributed by atoms with Crippen molar-refractivity contribution in [2.24, 2.45) is 0 Å². The van der Waals surface area contributed by atoms with Crippen LogP contribution in [0.3, 0.4) is 0 Å². The fourth-order valence-corrected chi connectivity index (χ4v) is 1.95. The summed E-state index contributed by atoms with van der Waals surface area (Å²) in [6, 6.07) is 5.33. The van der Waals surface area contributed by atoms with Crippen LogP contribution >= 0.6 is 0 Å². The van der Waals surface area contributed by atoms with E-state index in [1.165, 1.54) is 11.6 Å². The molecule has 0 bridgehead atoms. The summed E-state index contributed by atoms with van der Waals surface area (Å²) >= 11 is 0. The molecule has 3 heteroatoms. The monoisotopic (exact) mass is 194 g/mol. The molecule has 1 atom stereocenters. The molecule has 2 rings (SSSR count). The second-order valence-corrected chi connectivity index (χ2v) is 3.56. The number of hydrogen-bond donors (Lipinski definition) is 2. The molecule has 0 radical (unpaired) electrons. The van der Waals surface area contributed by atoms with Crippen LogP contribution in [0.25, 0.3) is 0 Å². The fourth-order valence-electron chi connectivity index (χ4n) is 1.95. The Kier molecular flexibility index (Phi) is 2.68. The summed E-state index contributed by atoms with van der Waals surface area (Å²) < 4.78 is 12.9. The minimum Gasteiger partial charge on any atom is -0.385 e. The first kappa shape index (κ1) is 9.46. The molecule has 1 aliphatic rings. The second-order valence-electron chi connectivity index (χ2n) is 3.56. The highest BCUT2D eigenvalue weighted by Gasteiger charge is 2.18. The van der Waals surface area contributed by atoms with E-state index in [1.807, 2.05) is 6.07 Å². The molecule has 2 N–H and O–H groups in total. The van der Waals surface area contributed by atoms with Gasteiger partial charge in [-0.3, -0.25) is 0 Å². The van der Waals surface area contributed by atoms with E-state index in [0.717, 1.165) is 25.2 Å². The Hall–Kier alpha value is -1.09. The molecule has 0 saturated carbocycles. The summed E-state index contributed by atoms with van der Waals surface area (Å²) in [7, 11) is 0. The van der Waals surface area contributed by atoms with Crippen molar-refractivity contribution in [2.75, 3.05) is 18.4 Å². The third kappa shape index (κ3) is 1.73. The zero-order valence-electron chi connectivity index (χ0n) is 8.31. The van der Waals surface area contributed by atoms with Gasteiger partial charge in [-0.1, -0.05) is 13.0 Å². The van der Waals surface area contributed by atoms with E-state index in [1.54, 1.807) is 6.07 Å². The molecule has 0 saturated heterocycles. The summed E-state index contributed by atoms with van der Waals surface area (Å²) in [5.74, 6) is -0.173. The number of nitrogens with one attached hydrogen (secondary N) is 2. The van der Waals surface area contributed by atoms with E-state index >= 15 is 0 Å². The molecular weight excluding hydrogens is 179 g/mol. The molecule has 76 valence electrons. The normalized spacial score (nSPS) is 20.0. The molecule has 0 aromatic heterocycles. The Bertz CT molecular complexity index is 325. The van der Waals surface area contributed by atoms with E-state index < -0.39 is 0 Å².